The van der Waals surface area contributed by atoms with Crippen LogP contribution >= 0.6 is 15.9 Å². The average molecular weight is 332 g/mol. The molecule has 0 unspecified atom stereocenters. The second kappa shape index (κ2) is 4.72. The van der Waals surface area contributed by atoms with Gasteiger partial charge in [-0.15, -0.1) is 5.10 Å². The van der Waals surface area contributed by atoms with Gasteiger partial charge in [-0.25, -0.2) is 9.48 Å². The average Bonchev–Trinajstić information content (AvgIpc) is 2.82. The number of rotatable bonds is 2. The highest BCUT2D eigenvalue weighted by molar-refractivity contribution is 9.10. The first kappa shape index (κ1) is 12.8. The summed E-state index contributed by atoms with van der Waals surface area (Å²) in [4.78, 5) is 11.1. The van der Waals surface area contributed by atoms with Crippen molar-refractivity contribution in [2.75, 3.05) is 0 Å². The quantitative estimate of drug-likeness (QED) is 0.783. The number of benzene rings is 2. The van der Waals surface area contributed by atoms with Crippen LogP contribution in [0.25, 0.3) is 16.5 Å². The molecular weight excluding hydrogens is 322 g/mol. The van der Waals surface area contributed by atoms with E-state index in [2.05, 4.69) is 26.2 Å². The van der Waals surface area contributed by atoms with Crippen molar-refractivity contribution in [1.29, 1.82) is 0 Å². The highest BCUT2D eigenvalue weighted by atomic mass is 79.9. The first-order chi connectivity index (χ1) is 9.59. The van der Waals surface area contributed by atoms with Crippen molar-refractivity contribution in [3.05, 3.63) is 52.3 Å². The molecule has 0 saturated carbocycles. The van der Waals surface area contributed by atoms with Gasteiger partial charge in [-0.2, -0.15) is 0 Å². The third kappa shape index (κ3) is 1.89. The van der Waals surface area contributed by atoms with Gasteiger partial charge >= 0.3 is 5.97 Å². The monoisotopic (exact) mass is 331 g/mol. The van der Waals surface area contributed by atoms with Crippen LogP contribution in [-0.4, -0.2) is 26.1 Å². The molecule has 0 aliphatic heterocycles. The fraction of sp³-hybridized carbons (Fsp3) is 0.0714. The van der Waals surface area contributed by atoms with Gasteiger partial charge in [0.1, 0.15) is 0 Å². The van der Waals surface area contributed by atoms with E-state index in [0.29, 0.717) is 5.69 Å². The number of carboxylic acids is 1. The van der Waals surface area contributed by atoms with Crippen LogP contribution in [0.4, 0.5) is 0 Å². The summed E-state index contributed by atoms with van der Waals surface area (Å²) in [6.07, 6.45) is 0. The van der Waals surface area contributed by atoms with Gasteiger partial charge < -0.3 is 5.11 Å². The summed E-state index contributed by atoms with van der Waals surface area (Å²) < 4.78 is 2.53. The van der Waals surface area contributed by atoms with E-state index in [1.807, 2.05) is 36.4 Å². The number of hydrogen-bond donors (Lipinski definition) is 1. The van der Waals surface area contributed by atoms with Crippen LogP contribution in [0, 0.1) is 6.92 Å². The van der Waals surface area contributed by atoms with Crippen molar-refractivity contribution in [2.45, 2.75) is 6.92 Å². The Morgan fingerprint density at radius 3 is 2.55 bits per heavy atom. The molecule has 20 heavy (non-hydrogen) atoms. The minimum Gasteiger partial charge on any atom is -0.476 e. The molecule has 6 heteroatoms. The van der Waals surface area contributed by atoms with Crippen LogP contribution in [0.1, 0.15) is 16.2 Å². The number of carboxylic acid groups (broad SMARTS) is 1. The maximum Gasteiger partial charge on any atom is 0.358 e. The van der Waals surface area contributed by atoms with Gasteiger partial charge in [-0.3, -0.25) is 0 Å². The van der Waals surface area contributed by atoms with Crippen LogP contribution < -0.4 is 0 Å². The summed E-state index contributed by atoms with van der Waals surface area (Å²) in [5.74, 6) is -1.07. The summed E-state index contributed by atoms with van der Waals surface area (Å²) >= 11 is 3.51. The molecule has 0 radical (unpaired) electrons. The van der Waals surface area contributed by atoms with Crippen molar-refractivity contribution in [3.8, 4) is 5.69 Å². The van der Waals surface area contributed by atoms with Crippen molar-refractivity contribution in [3.63, 3.8) is 0 Å². The molecular formula is C14H10BrN3O2. The van der Waals surface area contributed by atoms with Crippen LogP contribution in [0.15, 0.2) is 40.9 Å². The molecule has 1 N–H and O–H groups in total. The maximum atomic E-state index is 11.1. The lowest BCUT2D eigenvalue weighted by Crippen LogP contribution is -2.03. The predicted octanol–water partition coefficient (Wildman–Crippen LogP) is 3.19. The molecule has 0 amide bonds. The van der Waals surface area contributed by atoms with Gasteiger partial charge in [-0.1, -0.05) is 45.4 Å². The second-order valence-corrected chi connectivity index (χ2v) is 5.21. The third-order valence-corrected chi connectivity index (χ3v) is 3.86. The first-order valence-corrected chi connectivity index (χ1v) is 6.72. The number of hydrogen-bond acceptors (Lipinski definition) is 3. The molecule has 0 saturated heterocycles. The molecule has 3 rings (SSSR count). The van der Waals surface area contributed by atoms with E-state index in [9.17, 15) is 4.79 Å². The van der Waals surface area contributed by atoms with Gasteiger partial charge in [-0.05, 0) is 24.4 Å². The molecule has 1 heterocycles. The summed E-state index contributed by atoms with van der Waals surface area (Å²) in [7, 11) is 0. The van der Waals surface area contributed by atoms with E-state index in [1.165, 1.54) is 0 Å². The Hall–Kier alpha value is -2.21. The van der Waals surface area contributed by atoms with E-state index < -0.39 is 5.97 Å². The molecule has 0 aliphatic rings. The Kier molecular flexibility index (Phi) is 3.02. The third-order valence-electron chi connectivity index (χ3n) is 3.17. The zero-order valence-electron chi connectivity index (χ0n) is 10.5. The summed E-state index contributed by atoms with van der Waals surface area (Å²) in [5.41, 5.74) is 1.28. The Balaban J connectivity index is 2.31. The van der Waals surface area contributed by atoms with E-state index in [-0.39, 0.29) is 5.69 Å². The van der Waals surface area contributed by atoms with Gasteiger partial charge in [0.15, 0.2) is 5.69 Å². The molecule has 5 nitrogen and oxygen atoms in total. The highest BCUT2D eigenvalue weighted by Gasteiger charge is 2.17. The van der Waals surface area contributed by atoms with E-state index in [0.717, 1.165) is 20.9 Å². The largest absolute Gasteiger partial charge is 0.476 e. The molecule has 2 aromatic carbocycles. The maximum absolute atomic E-state index is 11.1. The molecule has 1 aromatic heterocycles. The molecule has 0 atom stereocenters. The normalized spacial score (nSPS) is 10.9. The highest BCUT2D eigenvalue weighted by Crippen LogP contribution is 2.29. The zero-order valence-corrected chi connectivity index (χ0v) is 12.1. The Morgan fingerprint density at radius 2 is 1.90 bits per heavy atom. The molecule has 0 spiro atoms. The SMILES string of the molecule is Cc1c(C(=O)O)nnn1-c1ccc(Br)c2ccccc12. The lowest BCUT2D eigenvalue weighted by Gasteiger charge is -2.09. The van der Waals surface area contributed by atoms with Gasteiger partial charge in [0.2, 0.25) is 0 Å². The fourth-order valence-corrected chi connectivity index (χ4v) is 2.66. The topological polar surface area (TPSA) is 68.0 Å². The molecule has 0 bridgehead atoms. The number of aromatic nitrogens is 3. The minimum absolute atomic E-state index is 0.0306. The standard InChI is InChI=1S/C14H10BrN3O2/c1-8-13(14(19)20)16-17-18(8)12-7-6-11(15)9-4-2-3-5-10(9)12/h2-7H,1H3,(H,19,20). The fourth-order valence-electron chi connectivity index (χ4n) is 2.19. The molecule has 100 valence electrons. The summed E-state index contributed by atoms with van der Waals surface area (Å²) in [5, 5.41) is 18.8. The van der Waals surface area contributed by atoms with Crippen LogP contribution in [-0.2, 0) is 0 Å². The van der Waals surface area contributed by atoms with Crippen molar-refractivity contribution in [2.24, 2.45) is 0 Å². The van der Waals surface area contributed by atoms with Gasteiger partial charge in [0.25, 0.3) is 0 Å². The Labute approximate surface area is 123 Å². The summed E-state index contributed by atoms with van der Waals surface area (Å²) in [6, 6.07) is 11.7. The van der Waals surface area contributed by atoms with E-state index >= 15 is 0 Å². The van der Waals surface area contributed by atoms with Crippen LogP contribution in [0.5, 0.6) is 0 Å². The molecule has 0 fully saturated rings. The van der Waals surface area contributed by atoms with Gasteiger partial charge in [0, 0.05) is 9.86 Å². The van der Waals surface area contributed by atoms with Gasteiger partial charge in [0.05, 0.1) is 11.4 Å². The minimum atomic E-state index is -1.07. The zero-order chi connectivity index (χ0) is 14.3. The Bertz CT molecular complexity index is 826. The predicted molar refractivity (Wildman–Crippen MR) is 78.3 cm³/mol. The van der Waals surface area contributed by atoms with Crippen LogP contribution in [0.3, 0.4) is 0 Å². The molecule has 0 aliphatic carbocycles. The Morgan fingerprint density at radius 1 is 1.20 bits per heavy atom. The number of halogens is 1. The second-order valence-electron chi connectivity index (χ2n) is 4.35. The lowest BCUT2D eigenvalue weighted by atomic mass is 10.1. The smallest absolute Gasteiger partial charge is 0.358 e. The van der Waals surface area contributed by atoms with Crippen molar-refractivity contribution >= 4 is 32.7 Å². The van der Waals surface area contributed by atoms with Crippen molar-refractivity contribution in [1.82, 2.24) is 15.0 Å². The van der Waals surface area contributed by atoms with E-state index in [1.54, 1.807) is 11.6 Å². The number of aromatic carboxylic acids is 1. The van der Waals surface area contributed by atoms with Crippen LogP contribution in [0.2, 0.25) is 0 Å². The lowest BCUT2D eigenvalue weighted by molar-refractivity contribution is 0.0689. The first-order valence-electron chi connectivity index (χ1n) is 5.93. The summed E-state index contributed by atoms with van der Waals surface area (Å²) in [6.45, 7) is 1.69. The number of nitrogens with zero attached hydrogens (tertiary/aromatic N) is 3. The number of fused-ring (bicyclic) bond motifs is 1. The van der Waals surface area contributed by atoms with Crippen molar-refractivity contribution < 1.29 is 9.90 Å². The molecule has 3 aromatic rings. The van der Waals surface area contributed by atoms with E-state index in [4.69, 9.17) is 5.11 Å². The number of carbonyl (C=O) groups is 1.